The summed E-state index contributed by atoms with van der Waals surface area (Å²) in [6.45, 7) is 4.08. The third-order valence-electron chi connectivity index (χ3n) is 4.45. The van der Waals surface area contributed by atoms with Gasteiger partial charge in [0.25, 0.3) is 0 Å². The van der Waals surface area contributed by atoms with Crippen molar-refractivity contribution in [2.24, 2.45) is 17.4 Å². The predicted molar refractivity (Wildman–Crippen MR) is 107 cm³/mol. The van der Waals surface area contributed by atoms with E-state index in [0.717, 1.165) is 18.4 Å². The molecule has 0 aliphatic rings. The molecule has 0 fully saturated rings. The summed E-state index contributed by atoms with van der Waals surface area (Å²) in [5.41, 5.74) is 12.1. The molecule has 156 valence electrons. The van der Waals surface area contributed by atoms with Crippen molar-refractivity contribution in [1.82, 2.24) is 10.6 Å². The number of carboxylic acid groups (broad SMARTS) is 1. The lowest BCUT2D eigenvalue weighted by Crippen LogP contribution is -2.56. The van der Waals surface area contributed by atoms with Gasteiger partial charge in [0.1, 0.15) is 12.1 Å². The lowest BCUT2D eigenvalue weighted by atomic mass is 10.0. The van der Waals surface area contributed by atoms with Gasteiger partial charge in [-0.3, -0.25) is 9.59 Å². The minimum Gasteiger partial charge on any atom is -0.480 e. The van der Waals surface area contributed by atoms with E-state index in [4.69, 9.17) is 11.5 Å². The van der Waals surface area contributed by atoms with E-state index in [1.54, 1.807) is 38.1 Å². The molecule has 0 saturated carbocycles. The third-order valence-corrected chi connectivity index (χ3v) is 4.45. The van der Waals surface area contributed by atoms with E-state index in [2.05, 4.69) is 10.6 Å². The number of nitrogens with one attached hydrogen (secondary N) is 2. The molecule has 0 spiro atoms. The van der Waals surface area contributed by atoms with E-state index >= 15 is 0 Å². The fourth-order valence-electron chi connectivity index (χ4n) is 2.75. The number of carboxylic acids is 1. The van der Waals surface area contributed by atoms with Gasteiger partial charge in [-0.1, -0.05) is 50.6 Å². The summed E-state index contributed by atoms with van der Waals surface area (Å²) in [5, 5.41) is 14.6. The molecule has 1 aromatic carbocycles. The molecule has 0 aliphatic carbocycles. The van der Waals surface area contributed by atoms with Crippen molar-refractivity contribution in [2.45, 2.75) is 57.7 Å². The van der Waals surface area contributed by atoms with Gasteiger partial charge in [-0.25, -0.2) is 4.79 Å². The number of nitrogens with two attached hydrogens (primary N) is 2. The first kappa shape index (κ1) is 23.6. The number of benzene rings is 1. The largest absolute Gasteiger partial charge is 0.480 e. The second-order valence-corrected chi connectivity index (χ2v) is 7.21. The van der Waals surface area contributed by atoms with Crippen LogP contribution >= 0.6 is 0 Å². The van der Waals surface area contributed by atoms with Gasteiger partial charge in [0.05, 0.1) is 6.04 Å². The molecule has 0 aliphatic heterocycles. The van der Waals surface area contributed by atoms with Crippen molar-refractivity contribution in [3.05, 3.63) is 35.9 Å². The lowest BCUT2D eigenvalue weighted by molar-refractivity contribution is -0.142. The molecule has 1 rings (SSSR count). The maximum Gasteiger partial charge on any atom is 0.326 e. The van der Waals surface area contributed by atoms with E-state index in [-0.39, 0.29) is 12.3 Å². The van der Waals surface area contributed by atoms with Gasteiger partial charge in [-0.2, -0.15) is 0 Å². The highest BCUT2D eigenvalue weighted by Gasteiger charge is 2.29. The summed E-state index contributed by atoms with van der Waals surface area (Å²) >= 11 is 0. The SMILES string of the molecule is CC(C)[C@H](NC(=O)[C@@H](N)CCCCN)C(=O)N[C@@H](Cc1ccccc1)C(=O)O. The Morgan fingerprint density at radius 3 is 2.21 bits per heavy atom. The number of hydrogen-bond donors (Lipinski definition) is 5. The Balaban J connectivity index is 2.73. The van der Waals surface area contributed by atoms with Gasteiger partial charge in [0.15, 0.2) is 0 Å². The third kappa shape index (κ3) is 8.06. The molecule has 0 radical (unpaired) electrons. The number of unbranched alkanes of at least 4 members (excludes halogenated alkanes) is 1. The maximum atomic E-state index is 12.7. The van der Waals surface area contributed by atoms with Gasteiger partial charge >= 0.3 is 5.97 Å². The first-order chi connectivity index (χ1) is 13.3. The Bertz CT molecular complexity index is 636. The zero-order valence-electron chi connectivity index (χ0n) is 16.6. The molecule has 8 heteroatoms. The summed E-state index contributed by atoms with van der Waals surface area (Å²) in [5.74, 6) is -2.34. The van der Waals surface area contributed by atoms with Crippen molar-refractivity contribution in [1.29, 1.82) is 0 Å². The van der Waals surface area contributed by atoms with E-state index in [1.807, 2.05) is 6.07 Å². The molecular weight excluding hydrogens is 360 g/mol. The first-order valence-electron chi connectivity index (χ1n) is 9.59. The Hall–Kier alpha value is -2.45. The van der Waals surface area contributed by atoms with Crippen molar-refractivity contribution in [3.63, 3.8) is 0 Å². The quantitative estimate of drug-likeness (QED) is 0.325. The molecule has 0 unspecified atom stereocenters. The number of amides is 2. The Kier molecular flexibility index (Phi) is 10.2. The van der Waals surface area contributed by atoms with Gasteiger partial charge in [0.2, 0.25) is 11.8 Å². The van der Waals surface area contributed by atoms with Crippen LogP contribution in [0.15, 0.2) is 30.3 Å². The predicted octanol–water partition coefficient (Wildman–Crippen LogP) is 0.396. The molecular formula is C20H32N4O4. The summed E-state index contributed by atoms with van der Waals surface area (Å²) in [7, 11) is 0. The first-order valence-corrected chi connectivity index (χ1v) is 9.59. The minimum atomic E-state index is -1.13. The molecule has 8 nitrogen and oxygen atoms in total. The number of rotatable bonds is 12. The highest BCUT2D eigenvalue weighted by molar-refractivity contribution is 5.92. The highest BCUT2D eigenvalue weighted by Crippen LogP contribution is 2.08. The van der Waals surface area contributed by atoms with Gasteiger partial charge in [0, 0.05) is 6.42 Å². The Labute approximate surface area is 166 Å². The van der Waals surface area contributed by atoms with E-state index in [0.29, 0.717) is 13.0 Å². The van der Waals surface area contributed by atoms with Gasteiger partial charge in [-0.15, -0.1) is 0 Å². The minimum absolute atomic E-state index is 0.152. The van der Waals surface area contributed by atoms with Crippen LogP contribution in [0.4, 0.5) is 0 Å². The standard InChI is InChI=1S/C20H32N4O4/c1-13(2)17(24-18(25)15(22)10-6-7-11-21)19(26)23-16(20(27)28)12-14-8-4-3-5-9-14/h3-5,8-9,13,15-17H,6-7,10-12,21-22H2,1-2H3,(H,23,26)(H,24,25)(H,27,28)/t15-,16-,17-/m0/s1. The van der Waals surface area contributed by atoms with E-state index < -0.39 is 35.9 Å². The molecule has 0 aromatic heterocycles. The maximum absolute atomic E-state index is 12.7. The molecule has 3 atom stereocenters. The fraction of sp³-hybridized carbons (Fsp3) is 0.550. The Morgan fingerprint density at radius 2 is 1.68 bits per heavy atom. The summed E-state index contributed by atoms with van der Waals surface area (Å²) in [4.78, 5) is 36.5. The van der Waals surface area contributed by atoms with E-state index in [9.17, 15) is 19.5 Å². The van der Waals surface area contributed by atoms with Crippen LogP contribution in [0.25, 0.3) is 0 Å². The van der Waals surface area contributed by atoms with E-state index in [1.165, 1.54) is 0 Å². The van der Waals surface area contributed by atoms with Crippen LogP contribution in [0.3, 0.4) is 0 Å². The molecule has 0 bridgehead atoms. The monoisotopic (exact) mass is 392 g/mol. The normalized spacial score (nSPS) is 14.2. The summed E-state index contributed by atoms with van der Waals surface area (Å²) < 4.78 is 0. The van der Waals surface area contributed by atoms with Crippen molar-refractivity contribution >= 4 is 17.8 Å². The second kappa shape index (κ2) is 12.1. The second-order valence-electron chi connectivity index (χ2n) is 7.21. The number of aliphatic carboxylic acids is 1. The van der Waals surface area contributed by atoms with Crippen molar-refractivity contribution in [3.8, 4) is 0 Å². The smallest absolute Gasteiger partial charge is 0.326 e. The van der Waals surface area contributed by atoms with Crippen LogP contribution in [0.5, 0.6) is 0 Å². The van der Waals surface area contributed by atoms with Crippen LogP contribution in [0.2, 0.25) is 0 Å². The molecule has 0 saturated heterocycles. The zero-order valence-corrected chi connectivity index (χ0v) is 16.6. The van der Waals surface area contributed by atoms with Crippen LogP contribution in [0, 0.1) is 5.92 Å². The van der Waals surface area contributed by atoms with Crippen LogP contribution in [0.1, 0.15) is 38.7 Å². The van der Waals surface area contributed by atoms with Crippen LogP contribution in [-0.2, 0) is 20.8 Å². The highest BCUT2D eigenvalue weighted by atomic mass is 16.4. The van der Waals surface area contributed by atoms with Crippen molar-refractivity contribution < 1.29 is 19.5 Å². The molecule has 1 aromatic rings. The van der Waals surface area contributed by atoms with Crippen LogP contribution < -0.4 is 22.1 Å². The fourth-order valence-corrected chi connectivity index (χ4v) is 2.75. The van der Waals surface area contributed by atoms with Gasteiger partial charge in [-0.05, 0) is 30.9 Å². The lowest BCUT2D eigenvalue weighted by Gasteiger charge is -2.25. The molecule has 0 heterocycles. The number of hydrogen-bond acceptors (Lipinski definition) is 5. The van der Waals surface area contributed by atoms with Crippen molar-refractivity contribution in [2.75, 3.05) is 6.54 Å². The summed E-state index contributed by atoms with van der Waals surface area (Å²) in [6.07, 6.45) is 2.12. The topological polar surface area (TPSA) is 148 Å². The molecule has 28 heavy (non-hydrogen) atoms. The average molecular weight is 393 g/mol. The number of carbonyl (C=O) groups is 3. The number of carbonyl (C=O) groups excluding carboxylic acids is 2. The molecule has 7 N–H and O–H groups in total. The molecule has 2 amide bonds. The zero-order chi connectivity index (χ0) is 21.1. The average Bonchev–Trinajstić information content (AvgIpc) is 2.65. The summed E-state index contributed by atoms with van der Waals surface area (Å²) in [6, 6.07) is 6.34. The Morgan fingerprint density at radius 1 is 1.04 bits per heavy atom. The van der Waals surface area contributed by atoms with Crippen LogP contribution in [-0.4, -0.2) is 47.6 Å². The van der Waals surface area contributed by atoms with Gasteiger partial charge < -0.3 is 27.2 Å².